The monoisotopic (exact) mass is 3440 g/mol. The first-order valence-electron chi connectivity index (χ1n) is 28.3. The van der Waals surface area contributed by atoms with E-state index < -0.39 is 11.7 Å². The van der Waals surface area contributed by atoms with Crippen molar-refractivity contribution in [3.63, 3.8) is 0 Å². The molecule has 4 rings (SSSR count). The summed E-state index contributed by atoms with van der Waals surface area (Å²) in [5.74, 6) is 0.471. The Morgan fingerprint density at radius 3 is 0.766 bits per heavy atom. The van der Waals surface area contributed by atoms with Crippen molar-refractivity contribution in [3.05, 3.63) is 63.9 Å². The molecule has 1 unspecified atom stereocenters. The molecule has 0 saturated carbocycles. The van der Waals surface area contributed by atoms with Crippen LogP contribution in [-0.2, 0) is 802 Å². The second kappa shape index (κ2) is 105. The van der Waals surface area contributed by atoms with E-state index in [9.17, 15) is 22.8 Å². The van der Waals surface area contributed by atoms with E-state index in [-0.39, 0.29) is 35.2 Å². The predicted molar refractivity (Wildman–Crippen MR) is 799 cm³/mol. The Labute approximate surface area is 1000 Å². The first kappa shape index (κ1) is 139. The Kier molecular flexibility index (Phi) is 115. The minimum Gasteiger partial charge on any atom is -0.343 e. The number of aromatic nitrogens is 1. The summed E-state index contributed by atoms with van der Waals surface area (Å²) in [5, 5.41) is 0. The molecule has 2 amide bonds. The van der Waals surface area contributed by atoms with Gasteiger partial charge in [0.25, 0.3) is 0 Å². The number of piperidine rings is 1. The van der Waals surface area contributed by atoms with E-state index in [1.807, 2.05) is 661 Å². The molecule has 0 N–H and O–H groups in total. The lowest BCUT2D eigenvalue weighted by molar-refractivity contribution is -0.141. The summed E-state index contributed by atoms with van der Waals surface area (Å²) in [4.78, 5) is 36.0. The SMILES string of the molecule is CC(=O)N1CCC(CC(=O)N2CCN(C(c3ccc(C(F)(F)F)cc3)c3ccc(Br)cn3)C[C@@H]2C(C)(C)C)CC1.S=S=S=S=S=S=S=S=S=S=S=S=S=S=S=S=S=S=S=S=S=S=S=S=S=S=S=S=S=S=S=S=S=S=S=S=S=S=S=S=S=S=S=S=S=S=S=S=S=S=S=S=S=S=S=S=S=S=S=S=S=S=S=S=S=S=S=S=S=S=S=S=S=S=S=S=S=S=S=S=S=S=S=S=S=S=S=S. The van der Waals surface area contributed by atoms with E-state index in [1.165, 1.54) is 29.9 Å². The molecule has 0 bridgehead atoms. The minimum absolute atomic E-state index is 0.0801. The van der Waals surface area contributed by atoms with Gasteiger partial charge in [-0.15, -0.1) is 0 Å². The fourth-order valence-electron chi connectivity index (χ4n) is 6.82. The summed E-state index contributed by atoms with van der Waals surface area (Å²) < 4.78 is 40.7. The molecule has 98 heteroatoms. The van der Waals surface area contributed by atoms with Gasteiger partial charge in [0, 0.05) is 849 Å². The standard InChI is InChI=1S/C30H38BrF3N4O2.S88/c1-20(39)36-13-11-21(12-14-36)17-27(40)38-16-15-37(19-26(38)29(2,3)4)28(25-10-9-24(31)18-35-25)22-5-7-23(8-6-22)30(32,33)34;1-3-5-7-9-11-13-15-17-19-21-23-25-27-29-31-33-35-37-39-41-43-45-47-49-51-53-55-57-59-61-63-65-67-69-71-73-75-77-79-81-83-85-87-88-86-84-82-80-78-76-74-72-70-68-66-64-62-60-58-56-54-52-50-48-46-44-42-40-38-36-34-32-30-28-26-24-22-20-18-16-14-12-10-8-6-4-2/h5-10,18,21,26,28H,11-17,19H2,1-4H3;/t26-,28?;/m1./s1. The number of hydrogen-bond acceptors (Lipinski definition) is 6. The number of nitrogens with zero attached hydrogens (tertiary/aromatic N) is 4. The lowest BCUT2D eigenvalue weighted by atomic mass is 9.82. The van der Waals surface area contributed by atoms with Crippen LogP contribution in [0.1, 0.15) is 69.8 Å². The molecule has 6 nitrogen and oxygen atoms in total. The topological polar surface area (TPSA) is 56.8 Å². The molecule has 2 atom stereocenters. The van der Waals surface area contributed by atoms with Gasteiger partial charge in [-0.2, -0.15) is 13.2 Å². The molecule has 2 aliphatic heterocycles. The number of amides is 2. The van der Waals surface area contributed by atoms with E-state index in [0.29, 0.717) is 39.1 Å². The summed E-state index contributed by atoms with van der Waals surface area (Å²) in [6.07, 6.45) is -0.580. The molecule has 746 valence electrons. The van der Waals surface area contributed by atoms with Gasteiger partial charge in [0.15, 0.2) is 0 Å². The Balaban J connectivity index is 0.000000866. The van der Waals surface area contributed by atoms with Gasteiger partial charge in [0.05, 0.1) is 17.3 Å². The number of rotatable bonds is 5. The maximum atomic E-state index is 13.6. The molecule has 0 aliphatic carbocycles. The van der Waals surface area contributed by atoms with E-state index in [4.69, 9.17) is 22.4 Å². The maximum absolute atomic E-state index is 13.6. The first-order valence-corrected chi connectivity index (χ1v) is 145. The molecular formula is C30H38BrF3N4O2S88. The summed E-state index contributed by atoms with van der Waals surface area (Å²) in [6.45, 7) is 11.0. The fraction of sp³-hybridized carbons (Fsp3) is 0.567. The van der Waals surface area contributed by atoms with Crippen LogP contribution < -0.4 is 0 Å². The molecule has 2 aliphatic rings. The lowest BCUT2D eigenvalue weighted by Crippen LogP contribution is -2.60. The predicted octanol–water partition coefficient (Wildman–Crippen LogP) is 5.95. The molecule has 0 radical (unpaired) electrons. The summed E-state index contributed by atoms with van der Waals surface area (Å²) in [6, 6.07) is 8.66. The van der Waals surface area contributed by atoms with E-state index in [0.717, 1.165) is 40.7 Å². The van der Waals surface area contributed by atoms with Crippen molar-refractivity contribution in [2.24, 2.45) is 11.3 Å². The second-order valence-corrected chi connectivity index (χ2v) is 171. The maximum Gasteiger partial charge on any atom is 0.416 e. The summed E-state index contributed by atoms with van der Waals surface area (Å²) in [5.41, 5.74) is 0.570. The van der Waals surface area contributed by atoms with Crippen molar-refractivity contribution in [2.75, 3.05) is 32.7 Å². The third-order valence-corrected chi connectivity index (χ3v) is 200. The van der Waals surface area contributed by atoms with Crippen LogP contribution >= 0.6 is 15.9 Å². The van der Waals surface area contributed by atoms with Gasteiger partial charge in [-0.05, 0) is 69.9 Å². The Morgan fingerprint density at radius 1 is 0.352 bits per heavy atom. The van der Waals surface area contributed by atoms with Gasteiger partial charge in [-0.3, -0.25) is 19.5 Å². The number of alkyl halides is 3. The highest BCUT2D eigenvalue weighted by Gasteiger charge is 2.41. The van der Waals surface area contributed by atoms with Crippen LogP contribution in [0.3, 0.4) is 0 Å². The van der Waals surface area contributed by atoms with Crippen LogP contribution in [0.2, 0.25) is 0 Å². The molecule has 2 saturated heterocycles. The van der Waals surface area contributed by atoms with Crippen LogP contribution in [0.25, 0.3) is 0 Å². The third-order valence-electron chi connectivity index (χ3n) is 10.6. The van der Waals surface area contributed by atoms with Crippen molar-refractivity contribution in [1.29, 1.82) is 0 Å². The normalized spacial score (nSPS) is 11.8. The number of likely N-dealkylation sites (tertiary alicyclic amines) is 1. The largest absolute Gasteiger partial charge is 0.416 e. The lowest BCUT2D eigenvalue weighted by Gasteiger charge is -2.49. The summed E-state index contributed by atoms with van der Waals surface area (Å²) in [7, 11) is 155. The van der Waals surface area contributed by atoms with Crippen molar-refractivity contribution in [1.82, 2.24) is 19.7 Å². The van der Waals surface area contributed by atoms with Crippen molar-refractivity contribution < 1.29 is 22.8 Å². The number of carbonyl (C=O) groups excluding carboxylic acids is 2. The molecule has 3 heterocycles. The van der Waals surface area contributed by atoms with Crippen LogP contribution in [0.4, 0.5) is 13.2 Å². The molecule has 1 aromatic carbocycles. The Morgan fingerprint density at radius 2 is 0.578 bits per heavy atom. The van der Waals surface area contributed by atoms with Crippen LogP contribution in [0, 0.1) is 11.3 Å². The smallest absolute Gasteiger partial charge is 0.343 e. The number of benzene rings is 1. The Bertz CT molecular complexity index is 8420. The number of halogens is 4. The zero-order valence-corrected chi connectivity index (χ0v) is 133. The number of piperazine rings is 1. The van der Waals surface area contributed by atoms with Gasteiger partial charge in [0.1, 0.15) is 0 Å². The van der Waals surface area contributed by atoms with E-state index in [1.54, 1.807) is 120 Å². The van der Waals surface area contributed by atoms with Gasteiger partial charge in [-0.25, -0.2) is 0 Å². The zero-order valence-electron chi connectivity index (χ0n) is 59.5. The van der Waals surface area contributed by atoms with Gasteiger partial charge < -0.3 is 9.80 Å². The molecule has 1 aromatic heterocycles. The zero-order chi connectivity index (χ0) is 92.1. The fourth-order valence-corrected chi connectivity index (χ4v) is 238. The second-order valence-electron chi connectivity index (χ2n) is 17.9. The molecule has 0 spiro atoms. The number of carbonyl (C=O) groups is 2. The quantitative estimate of drug-likeness (QED) is 0.370. The van der Waals surface area contributed by atoms with Gasteiger partial charge >= 0.3 is 6.18 Å². The van der Waals surface area contributed by atoms with Crippen LogP contribution in [0.15, 0.2) is 47.1 Å². The third kappa shape index (κ3) is 87.9. The molecule has 2 aromatic rings. The highest BCUT2D eigenvalue weighted by atomic mass is 79.9. The van der Waals surface area contributed by atoms with Gasteiger partial charge in [0.2, 0.25) is 11.8 Å². The van der Waals surface area contributed by atoms with Gasteiger partial charge in [-0.1, -0.05) is 32.9 Å². The number of hydrogen-bond donors (Lipinski definition) is 0. The van der Waals surface area contributed by atoms with E-state index >= 15 is 0 Å². The summed E-state index contributed by atoms with van der Waals surface area (Å²) >= 11 is 13.1. The van der Waals surface area contributed by atoms with Crippen LogP contribution in [-0.4, -0.2) is 70.3 Å². The van der Waals surface area contributed by atoms with Crippen molar-refractivity contribution in [2.45, 2.75) is 65.2 Å². The first-order chi connectivity index (χ1) is 62.6. The minimum atomic E-state index is -4.41. The number of pyridine rings is 1. The average Bonchev–Trinajstić information content (AvgIpc) is 0.776. The van der Waals surface area contributed by atoms with Crippen molar-refractivity contribution in [3.8, 4) is 0 Å². The van der Waals surface area contributed by atoms with E-state index in [2.05, 4.69) is 46.6 Å². The highest BCUT2D eigenvalue weighted by Crippen LogP contribution is 2.37. The molecule has 128 heavy (non-hydrogen) atoms. The van der Waals surface area contributed by atoms with Crippen molar-refractivity contribution >= 4 is 814 Å². The molecular weight excluding hydrogens is 3410 g/mol. The molecule has 2 fully saturated rings. The Hall–Kier alpha value is 16.9. The average molecular weight is 3450 g/mol. The van der Waals surface area contributed by atoms with Crippen LogP contribution in [0.5, 0.6) is 0 Å². The highest BCUT2D eigenvalue weighted by molar-refractivity contribution is 9.10.